The van der Waals surface area contributed by atoms with E-state index in [4.69, 9.17) is 0 Å². The van der Waals surface area contributed by atoms with Crippen LogP contribution >= 0.6 is 11.8 Å². The van der Waals surface area contributed by atoms with Crippen molar-refractivity contribution >= 4 is 11.8 Å². The lowest BCUT2D eigenvalue weighted by atomic mass is 10.1. The monoisotopic (exact) mass is 225 g/mol. The fourth-order valence-electron chi connectivity index (χ4n) is 1.62. The SMILES string of the molecule is Cc1cc(F)ccc1CSCC1CNC1. The lowest BCUT2D eigenvalue weighted by Crippen LogP contribution is -2.43. The van der Waals surface area contributed by atoms with Gasteiger partial charge in [-0.05, 0) is 54.9 Å². The second-order valence-corrected chi connectivity index (χ2v) is 5.14. The summed E-state index contributed by atoms with van der Waals surface area (Å²) in [4.78, 5) is 0. The van der Waals surface area contributed by atoms with E-state index in [1.807, 2.05) is 24.8 Å². The molecule has 2 rings (SSSR count). The van der Waals surface area contributed by atoms with Crippen molar-refractivity contribution in [2.24, 2.45) is 5.92 Å². The molecule has 0 aliphatic carbocycles. The molecule has 0 spiro atoms. The molecule has 0 unspecified atom stereocenters. The minimum Gasteiger partial charge on any atom is -0.316 e. The number of hydrogen-bond donors (Lipinski definition) is 1. The zero-order valence-corrected chi connectivity index (χ0v) is 9.74. The highest BCUT2D eigenvalue weighted by Gasteiger charge is 2.16. The number of halogens is 1. The zero-order valence-electron chi connectivity index (χ0n) is 8.92. The van der Waals surface area contributed by atoms with Gasteiger partial charge in [0.2, 0.25) is 0 Å². The standard InChI is InChI=1S/C12H16FNS/c1-9-4-12(13)3-2-11(9)8-15-7-10-5-14-6-10/h2-4,10,14H,5-8H2,1H3. The van der Waals surface area contributed by atoms with E-state index in [0.717, 1.165) is 30.3 Å². The molecule has 1 aliphatic heterocycles. The van der Waals surface area contributed by atoms with E-state index in [9.17, 15) is 4.39 Å². The lowest BCUT2D eigenvalue weighted by molar-refractivity contribution is 0.385. The molecule has 0 aromatic heterocycles. The van der Waals surface area contributed by atoms with Gasteiger partial charge in [0.15, 0.2) is 0 Å². The van der Waals surface area contributed by atoms with Crippen LogP contribution in [0.2, 0.25) is 0 Å². The first kappa shape index (κ1) is 11.0. The zero-order chi connectivity index (χ0) is 10.7. The van der Waals surface area contributed by atoms with Crippen LogP contribution in [0.4, 0.5) is 4.39 Å². The highest BCUT2D eigenvalue weighted by Crippen LogP contribution is 2.20. The van der Waals surface area contributed by atoms with Crippen molar-refractivity contribution in [3.05, 3.63) is 35.1 Å². The largest absolute Gasteiger partial charge is 0.316 e. The van der Waals surface area contributed by atoms with Crippen molar-refractivity contribution in [2.75, 3.05) is 18.8 Å². The fourth-order valence-corrected chi connectivity index (χ4v) is 2.85. The van der Waals surface area contributed by atoms with Gasteiger partial charge in [0, 0.05) is 5.75 Å². The van der Waals surface area contributed by atoms with Gasteiger partial charge in [-0.15, -0.1) is 0 Å². The van der Waals surface area contributed by atoms with Crippen LogP contribution in [-0.2, 0) is 5.75 Å². The minimum absolute atomic E-state index is 0.135. The van der Waals surface area contributed by atoms with Crippen LogP contribution in [0, 0.1) is 18.7 Å². The number of thioether (sulfide) groups is 1. The molecule has 0 saturated carbocycles. The van der Waals surface area contributed by atoms with Gasteiger partial charge >= 0.3 is 0 Å². The maximum Gasteiger partial charge on any atom is 0.123 e. The highest BCUT2D eigenvalue weighted by molar-refractivity contribution is 7.98. The third-order valence-corrected chi connectivity index (χ3v) is 4.00. The summed E-state index contributed by atoms with van der Waals surface area (Å²) in [5, 5.41) is 3.27. The highest BCUT2D eigenvalue weighted by atomic mass is 32.2. The first-order valence-corrected chi connectivity index (χ1v) is 6.44. The summed E-state index contributed by atoms with van der Waals surface area (Å²) in [5.41, 5.74) is 2.32. The van der Waals surface area contributed by atoms with Gasteiger partial charge in [-0.25, -0.2) is 4.39 Å². The number of nitrogens with one attached hydrogen (secondary N) is 1. The molecule has 1 aromatic rings. The summed E-state index contributed by atoms with van der Waals surface area (Å²) in [6, 6.07) is 5.06. The summed E-state index contributed by atoms with van der Waals surface area (Å²) in [7, 11) is 0. The van der Waals surface area contributed by atoms with E-state index in [1.165, 1.54) is 11.3 Å². The molecule has 0 bridgehead atoms. The summed E-state index contributed by atoms with van der Waals surface area (Å²) in [6.07, 6.45) is 0. The first-order chi connectivity index (χ1) is 7.25. The van der Waals surface area contributed by atoms with Gasteiger partial charge in [0.1, 0.15) is 5.82 Å². The van der Waals surface area contributed by atoms with Crippen LogP contribution in [0.15, 0.2) is 18.2 Å². The Morgan fingerprint density at radius 3 is 2.87 bits per heavy atom. The fraction of sp³-hybridized carbons (Fsp3) is 0.500. The van der Waals surface area contributed by atoms with Crippen LogP contribution in [0.5, 0.6) is 0 Å². The van der Waals surface area contributed by atoms with Gasteiger partial charge < -0.3 is 5.32 Å². The Bertz CT molecular complexity index is 336. The Labute approximate surface area is 94.5 Å². The molecule has 1 N–H and O–H groups in total. The summed E-state index contributed by atoms with van der Waals surface area (Å²) in [6.45, 7) is 4.30. The Morgan fingerprint density at radius 1 is 1.47 bits per heavy atom. The molecular weight excluding hydrogens is 209 g/mol. The van der Waals surface area contributed by atoms with E-state index in [-0.39, 0.29) is 5.82 Å². The van der Waals surface area contributed by atoms with E-state index < -0.39 is 0 Å². The average Bonchev–Trinajstić information content (AvgIpc) is 2.12. The molecule has 82 valence electrons. The normalized spacial score (nSPS) is 16.4. The molecule has 1 aromatic carbocycles. The van der Waals surface area contributed by atoms with Crippen molar-refractivity contribution < 1.29 is 4.39 Å². The summed E-state index contributed by atoms with van der Waals surface area (Å²) in [5.74, 6) is 2.92. The molecule has 1 nitrogen and oxygen atoms in total. The second-order valence-electron chi connectivity index (χ2n) is 4.11. The van der Waals surface area contributed by atoms with Crippen LogP contribution in [0.3, 0.4) is 0 Å². The maximum atomic E-state index is 12.8. The molecule has 1 saturated heterocycles. The number of hydrogen-bond acceptors (Lipinski definition) is 2. The molecule has 3 heteroatoms. The number of benzene rings is 1. The van der Waals surface area contributed by atoms with Gasteiger partial charge in [-0.1, -0.05) is 6.07 Å². The summed E-state index contributed by atoms with van der Waals surface area (Å²) < 4.78 is 12.8. The molecule has 0 radical (unpaired) electrons. The van der Waals surface area contributed by atoms with Crippen LogP contribution in [0.1, 0.15) is 11.1 Å². The average molecular weight is 225 g/mol. The van der Waals surface area contributed by atoms with E-state index in [1.54, 1.807) is 12.1 Å². The first-order valence-electron chi connectivity index (χ1n) is 5.29. The van der Waals surface area contributed by atoms with Crippen molar-refractivity contribution in [3.63, 3.8) is 0 Å². The van der Waals surface area contributed by atoms with Crippen LogP contribution in [0.25, 0.3) is 0 Å². The third-order valence-electron chi connectivity index (χ3n) is 2.78. The Balaban J connectivity index is 1.81. The molecular formula is C12H16FNS. The Morgan fingerprint density at radius 2 is 2.27 bits per heavy atom. The van der Waals surface area contributed by atoms with Crippen LogP contribution in [-0.4, -0.2) is 18.8 Å². The predicted molar refractivity (Wildman–Crippen MR) is 63.7 cm³/mol. The molecule has 0 atom stereocenters. The van der Waals surface area contributed by atoms with Gasteiger partial charge in [0.05, 0.1) is 0 Å². The molecule has 1 heterocycles. The third kappa shape index (κ3) is 2.95. The smallest absolute Gasteiger partial charge is 0.123 e. The molecule has 15 heavy (non-hydrogen) atoms. The van der Waals surface area contributed by atoms with E-state index >= 15 is 0 Å². The van der Waals surface area contributed by atoms with Gasteiger partial charge in [0.25, 0.3) is 0 Å². The van der Waals surface area contributed by atoms with Crippen molar-refractivity contribution in [3.8, 4) is 0 Å². The van der Waals surface area contributed by atoms with Crippen molar-refractivity contribution in [1.29, 1.82) is 0 Å². The maximum absolute atomic E-state index is 12.8. The van der Waals surface area contributed by atoms with Crippen LogP contribution < -0.4 is 5.32 Å². The number of rotatable bonds is 4. The Kier molecular flexibility index (Phi) is 3.65. The predicted octanol–water partition coefficient (Wildman–Crippen LogP) is 2.59. The molecule has 0 amide bonds. The minimum atomic E-state index is -0.135. The topological polar surface area (TPSA) is 12.0 Å². The van der Waals surface area contributed by atoms with Crippen molar-refractivity contribution in [2.45, 2.75) is 12.7 Å². The van der Waals surface area contributed by atoms with Crippen molar-refractivity contribution in [1.82, 2.24) is 5.32 Å². The van der Waals surface area contributed by atoms with Gasteiger partial charge in [-0.2, -0.15) is 11.8 Å². The quantitative estimate of drug-likeness (QED) is 0.845. The van der Waals surface area contributed by atoms with E-state index in [2.05, 4.69) is 5.32 Å². The summed E-state index contributed by atoms with van der Waals surface area (Å²) >= 11 is 1.95. The molecule has 1 fully saturated rings. The van der Waals surface area contributed by atoms with E-state index in [0.29, 0.717) is 0 Å². The molecule has 1 aliphatic rings. The van der Waals surface area contributed by atoms with Gasteiger partial charge in [-0.3, -0.25) is 0 Å². The second kappa shape index (κ2) is 4.99. The lowest BCUT2D eigenvalue weighted by Gasteiger charge is -2.26. The number of aryl methyl sites for hydroxylation is 1. The Hall–Kier alpha value is -0.540.